The lowest BCUT2D eigenvalue weighted by Gasteiger charge is -2.04. The van der Waals surface area contributed by atoms with Crippen LogP contribution in [-0.4, -0.2) is 15.9 Å². The molecule has 70 valence electrons. The van der Waals surface area contributed by atoms with E-state index in [0.29, 0.717) is 11.9 Å². The van der Waals surface area contributed by atoms with E-state index in [1.807, 2.05) is 0 Å². The summed E-state index contributed by atoms with van der Waals surface area (Å²) in [4.78, 5) is 18.6. The molecule has 0 saturated heterocycles. The zero-order valence-corrected chi connectivity index (χ0v) is 8.03. The fourth-order valence-electron chi connectivity index (χ4n) is 0.858. The number of hydrogen-bond acceptors (Lipinski definition) is 3. The van der Waals surface area contributed by atoms with Gasteiger partial charge in [0.25, 0.3) is 0 Å². The highest BCUT2D eigenvalue weighted by molar-refractivity contribution is 5.86. The van der Waals surface area contributed by atoms with Crippen molar-refractivity contribution in [2.24, 2.45) is 0 Å². The zero-order chi connectivity index (χ0) is 9.84. The van der Waals surface area contributed by atoms with Crippen LogP contribution in [0.5, 0.6) is 0 Å². The minimum Gasteiger partial charge on any atom is -0.295 e. The van der Waals surface area contributed by atoms with E-state index in [-0.39, 0.29) is 5.91 Å². The van der Waals surface area contributed by atoms with Gasteiger partial charge < -0.3 is 0 Å². The maximum Gasteiger partial charge on any atom is 0.229 e. The Kier molecular flexibility index (Phi) is 2.95. The van der Waals surface area contributed by atoms with Gasteiger partial charge in [0.15, 0.2) is 0 Å². The van der Waals surface area contributed by atoms with E-state index in [9.17, 15) is 4.79 Å². The quantitative estimate of drug-likeness (QED) is 0.749. The predicted molar refractivity (Wildman–Crippen MR) is 50.4 cm³/mol. The molecule has 1 heterocycles. The van der Waals surface area contributed by atoms with E-state index >= 15 is 0 Å². The zero-order valence-electron chi connectivity index (χ0n) is 8.03. The minimum atomic E-state index is -0.155. The number of anilines is 1. The number of carbonyl (C=O) groups is 1. The van der Waals surface area contributed by atoms with Crippen molar-refractivity contribution in [2.45, 2.75) is 26.7 Å². The Morgan fingerprint density at radius 1 is 1.38 bits per heavy atom. The molecule has 1 aromatic heterocycles. The Balaban J connectivity index is 2.75. The highest BCUT2D eigenvalue weighted by Crippen LogP contribution is 2.11. The Morgan fingerprint density at radius 3 is 2.31 bits per heavy atom. The minimum absolute atomic E-state index is 0.155. The van der Waals surface area contributed by atoms with Gasteiger partial charge in [0.2, 0.25) is 11.9 Å². The molecule has 0 aliphatic rings. The molecule has 0 fully saturated rings. The summed E-state index contributed by atoms with van der Waals surface area (Å²) in [5, 5.41) is 2.51. The van der Waals surface area contributed by atoms with Crippen LogP contribution in [0, 0.1) is 0 Å². The van der Waals surface area contributed by atoms with Gasteiger partial charge in [-0.25, -0.2) is 9.97 Å². The fourth-order valence-corrected chi connectivity index (χ4v) is 0.858. The smallest absolute Gasteiger partial charge is 0.229 e. The van der Waals surface area contributed by atoms with Crippen molar-refractivity contribution in [1.82, 2.24) is 9.97 Å². The summed E-state index contributed by atoms with van der Waals surface area (Å²) < 4.78 is 0. The molecular weight excluding hydrogens is 166 g/mol. The van der Waals surface area contributed by atoms with Crippen LogP contribution >= 0.6 is 0 Å². The number of aromatic nitrogens is 2. The second kappa shape index (κ2) is 3.98. The Hall–Kier alpha value is -1.45. The van der Waals surface area contributed by atoms with Crippen molar-refractivity contribution in [1.29, 1.82) is 0 Å². The van der Waals surface area contributed by atoms with E-state index in [4.69, 9.17) is 0 Å². The number of nitrogens with one attached hydrogen (secondary N) is 1. The summed E-state index contributed by atoms with van der Waals surface area (Å²) in [6.45, 7) is 5.56. The van der Waals surface area contributed by atoms with Crippen molar-refractivity contribution in [2.75, 3.05) is 5.32 Å². The van der Waals surface area contributed by atoms with Crippen LogP contribution in [-0.2, 0) is 4.79 Å². The molecule has 0 aromatic carbocycles. The maximum atomic E-state index is 10.6. The predicted octanol–water partition coefficient (Wildman–Crippen LogP) is 1.56. The van der Waals surface area contributed by atoms with Gasteiger partial charge in [-0.2, -0.15) is 0 Å². The lowest BCUT2D eigenvalue weighted by atomic mass is 10.1. The van der Waals surface area contributed by atoms with E-state index in [1.54, 1.807) is 12.4 Å². The standard InChI is InChI=1S/C9H13N3O/c1-6(2)8-4-10-9(11-5-8)12-7(3)13/h4-6H,1-3H3,(H,10,11,12,13). The summed E-state index contributed by atoms with van der Waals surface area (Å²) in [5.74, 6) is 0.612. The lowest BCUT2D eigenvalue weighted by Crippen LogP contribution is -2.09. The highest BCUT2D eigenvalue weighted by Gasteiger charge is 2.01. The van der Waals surface area contributed by atoms with Crippen molar-refractivity contribution in [3.63, 3.8) is 0 Å². The molecule has 0 atom stereocenters. The highest BCUT2D eigenvalue weighted by atomic mass is 16.1. The average molecular weight is 179 g/mol. The first-order valence-electron chi connectivity index (χ1n) is 4.19. The Labute approximate surface area is 77.4 Å². The summed E-state index contributed by atoms with van der Waals surface area (Å²) in [6.07, 6.45) is 3.45. The Bertz CT molecular complexity index is 292. The maximum absolute atomic E-state index is 10.6. The van der Waals surface area contributed by atoms with Gasteiger partial charge >= 0.3 is 0 Å². The molecule has 0 aliphatic carbocycles. The number of hydrogen-bond donors (Lipinski definition) is 1. The van der Waals surface area contributed by atoms with Gasteiger partial charge in [0.1, 0.15) is 0 Å². The first kappa shape index (κ1) is 9.64. The van der Waals surface area contributed by atoms with E-state index in [0.717, 1.165) is 5.56 Å². The van der Waals surface area contributed by atoms with Gasteiger partial charge in [-0.3, -0.25) is 10.1 Å². The Morgan fingerprint density at radius 2 is 1.92 bits per heavy atom. The van der Waals surface area contributed by atoms with Gasteiger partial charge in [0.05, 0.1) is 0 Å². The number of carbonyl (C=O) groups excluding carboxylic acids is 1. The van der Waals surface area contributed by atoms with Crippen LogP contribution in [0.1, 0.15) is 32.3 Å². The topological polar surface area (TPSA) is 54.9 Å². The molecule has 0 spiro atoms. The molecular formula is C9H13N3O. The third-order valence-electron chi connectivity index (χ3n) is 1.63. The van der Waals surface area contributed by atoms with Crippen LogP contribution in [0.2, 0.25) is 0 Å². The molecule has 1 rings (SSSR count). The molecule has 4 nitrogen and oxygen atoms in total. The van der Waals surface area contributed by atoms with Crippen molar-refractivity contribution in [3.05, 3.63) is 18.0 Å². The van der Waals surface area contributed by atoms with Crippen LogP contribution in [0.15, 0.2) is 12.4 Å². The van der Waals surface area contributed by atoms with Crippen molar-refractivity contribution >= 4 is 11.9 Å². The third-order valence-corrected chi connectivity index (χ3v) is 1.63. The summed E-state index contributed by atoms with van der Waals surface area (Å²) in [5.41, 5.74) is 1.06. The summed E-state index contributed by atoms with van der Waals surface area (Å²) in [6, 6.07) is 0. The molecule has 0 radical (unpaired) electrons. The normalized spacial score (nSPS) is 10.2. The molecule has 0 bridgehead atoms. The lowest BCUT2D eigenvalue weighted by molar-refractivity contribution is -0.114. The van der Waals surface area contributed by atoms with Gasteiger partial charge in [-0.15, -0.1) is 0 Å². The first-order chi connectivity index (χ1) is 6.09. The van der Waals surface area contributed by atoms with E-state index in [2.05, 4.69) is 29.1 Å². The molecule has 1 amide bonds. The molecule has 13 heavy (non-hydrogen) atoms. The van der Waals surface area contributed by atoms with Crippen molar-refractivity contribution < 1.29 is 4.79 Å². The van der Waals surface area contributed by atoms with Crippen molar-refractivity contribution in [3.8, 4) is 0 Å². The van der Waals surface area contributed by atoms with Crippen LogP contribution < -0.4 is 5.32 Å². The second-order valence-electron chi connectivity index (χ2n) is 3.18. The SMILES string of the molecule is CC(=O)Nc1ncc(C(C)C)cn1. The summed E-state index contributed by atoms with van der Waals surface area (Å²) in [7, 11) is 0. The van der Waals surface area contributed by atoms with Gasteiger partial charge in [0, 0.05) is 19.3 Å². The van der Waals surface area contributed by atoms with Crippen LogP contribution in [0.25, 0.3) is 0 Å². The fraction of sp³-hybridized carbons (Fsp3) is 0.444. The first-order valence-corrected chi connectivity index (χ1v) is 4.19. The van der Waals surface area contributed by atoms with Gasteiger partial charge in [-0.05, 0) is 11.5 Å². The average Bonchev–Trinajstić information content (AvgIpc) is 2.04. The molecule has 0 saturated carbocycles. The van der Waals surface area contributed by atoms with Crippen LogP contribution in [0.4, 0.5) is 5.95 Å². The summed E-state index contributed by atoms with van der Waals surface area (Å²) >= 11 is 0. The molecule has 1 N–H and O–H groups in total. The molecule has 0 unspecified atom stereocenters. The monoisotopic (exact) mass is 179 g/mol. The van der Waals surface area contributed by atoms with Gasteiger partial charge in [-0.1, -0.05) is 13.8 Å². The number of amides is 1. The molecule has 0 aliphatic heterocycles. The van der Waals surface area contributed by atoms with Crippen LogP contribution in [0.3, 0.4) is 0 Å². The molecule has 1 aromatic rings. The van der Waals surface area contributed by atoms with E-state index in [1.165, 1.54) is 6.92 Å². The molecule has 4 heteroatoms. The number of nitrogens with zero attached hydrogens (tertiary/aromatic N) is 2. The van der Waals surface area contributed by atoms with E-state index < -0.39 is 0 Å². The third kappa shape index (κ3) is 2.82. The second-order valence-corrected chi connectivity index (χ2v) is 3.18. The largest absolute Gasteiger partial charge is 0.295 e. The number of rotatable bonds is 2.